The first kappa shape index (κ1) is 15.4. The first-order chi connectivity index (χ1) is 11.1. The number of amides is 1. The lowest BCUT2D eigenvalue weighted by Gasteiger charge is -2.03. The molecule has 0 saturated heterocycles. The molecule has 0 spiro atoms. The van der Waals surface area contributed by atoms with E-state index in [0.29, 0.717) is 11.5 Å². The van der Waals surface area contributed by atoms with Gasteiger partial charge >= 0.3 is 0 Å². The smallest absolute Gasteiger partial charge is 0.259 e. The van der Waals surface area contributed by atoms with E-state index in [-0.39, 0.29) is 23.9 Å². The molecule has 3 rings (SSSR count). The number of rotatable bonds is 5. The van der Waals surface area contributed by atoms with Gasteiger partial charge in [0.25, 0.3) is 5.91 Å². The maximum Gasteiger partial charge on any atom is 0.259 e. The molecule has 3 heterocycles. The molecule has 7 heteroatoms. The van der Waals surface area contributed by atoms with Crippen LogP contribution in [0.1, 0.15) is 33.7 Å². The van der Waals surface area contributed by atoms with Crippen molar-refractivity contribution in [2.75, 3.05) is 5.73 Å². The number of nitrogens with two attached hydrogens (primary N) is 1. The summed E-state index contributed by atoms with van der Waals surface area (Å²) in [7, 11) is 0. The maximum atomic E-state index is 12.4. The summed E-state index contributed by atoms with van der Waals surface area (Å²) in [4.78, 5) is 14.5. The number of nitrogens with one attached hydrogen (secondary N) is 1. The van der Waals surface area contributed by atoms with E-state index in [1.165, 1.54) is 4.88 Å². The number of hydrogen-bond donors (Lipinski definition) is 2. The van der Waals surface area contributed by atoms with E-state index in [4.69, 9.17) is 14.7 Å². The van der Waals surface area contributed by atoms with Crippen molar-refractivity contribution in [2.24, 2.45) is 0 Å². The zero-order chi connectivity index (χ0) is 16.4. The highest BCUT2D eigenvalue weighted by atomic mass is 32.1. The van der Waals surface area contributed by atoms with Crippen LogP contribution >= 0.6 is 11.3 Å². The van der Waals surface area contributed by atoms with Crippen LogP contribution in [0.5, 0.6) is 0 Å². The standard InChI is InChI=1S/C16H17N3O3S/c1-3-11-6-7-12(23-11)14-13(15(17)22-19-14)16(20)18-8-10-5-4-9(2)21-10/h4-7H,3,8,17H2,1-2H3,(H,18,20). The van der Waals surface area contributed by atoms with Gasteiger partial charge in [0.1, 0.15) is 22.8 Å². The molecule has 0 aliphatic rings. The van der Waals surface area contributed by atoms with Gasteiger partial charge in [0, 0.05) is 4.88 Å². The number of carbonyl (C=O) groups is 1. The number of thiophene rings is 1. The second-order valence-corrected chi connectivity index (χ2v) is 6.25. The van der Waals surface area contributed by atoms with E-state index in [0.717, 1.165) is 17.1 Å². The number of aromatic nitrogens is 1. The van der Waals surface area contributed by atoms with Crippen LogP contribution in [-0.2, 0) is 13.0 Å². The van der Waals surface area contributed by atoms with Gasteiger partial charge in [-0.2, -0.15) is 0 Å². The van der Waals surface area contributed by atoms with Crippen LogP contribution < -0.4 is 11.1 Å². The Morgan fingerprint density at radius 1 is 1.35 bits per heavy atom. The predicted octanol–water partition coefficient (Wildman–Crippen LogP) is 3.38. The van der Waals surface area contributed by atoms with Crippen LogP contribution in [-0.4, -0.2) is 11.1 Å². The number of nitrogen functional groups attached to an aromatic ring is 1. The van der Waals surface area contributed by atoms with Gasteiger partial charge < -0.3 is 20.0 Å². The summed E-state index contributed by atoms with van der Waals surface area (Å²) in [5.74, 6) is 1.15. The third kappa shape index (κ3) is 3.14. The van der Waals surface area contributed by atoms with Gasteiger partial charge in [0.15, 0.2) is 0 Å². The summed E-state index contributed by atoms with van der Waals surface area (Å²) >= 11 is 1.57. The van der Waals surface area contributed by atoms with Crippen LogP contribution in [0.15, 0.2) is 33.2 Å². The summed E-state index contributed by atoms with van der Waals surface area (Å²) in [5.41, 5.74) is 6.52. The molecule has 6 nitrogen and oxygen atoms in total. The third-order valence-electron chi connectivity index (χ3n) is 3.41. The predicted molar refractivity (Wildman–Crippen MR) is 88.2 cm³/mol. The summed E-state index contributed by atoms with van der Waals surface area (Å²) < 4.78 is 10.5. The number of anilines is 1. The molecule has 0 bridgehead atoms. The molecule has 0 aliphatic heterocycles. The maximum absolute atomic E-state index is 12.4. The molecule has 3 aromatic rings. The van der Waals surface area contributed by atoms with Crippen molar-refractivity contribution in [1.82, 2.24) is 10.5 Å². The summed E-state index contributed by atoms with van der Waals surface area (Å²) in [6, 6.07) is 7.60. The minimum absolute atomic E-state index is 0.0135. The van der Waals surface area contributed by atoms with Crippen molar-refractivity contribution in [3.63, 3.8) is 0 Å². The zero-order valence-corrected chi connectivity index (χ0v) is 13.7. The minimum Gasteiger partial charge on any atom is -0.465 e. The number of aryl methyl sites for hydroxylation is 2. The summed E-state index contributed by atoms with van der Waals surface area (Å²) in [6.45, 7) is 4.21. The normalized spacial score (nSPS) is 10.9. The highest BCUT2D eigenvalue weighted by Crippen LogP contribution is 2.32. The lowest BCUT2D eigenvalue weighted by Crippen LogP contribution is -2.23. The first-order valence-electron chi connectivity index (χ1n) is 7.26. The summed E-state index contributed by atoms with van der Waals surface area (Å²) in [5, 5.41) is 6.72. The van der Waals surface area contributed by atoms with Crippen LogP contribution in [0.3, 0.4) is 0 Å². The van der Waals surface area contributed by atoms with Gasteiger partial charge in [0.2, 0.25) is 5.88 Å². The Hall–Kier alpha value is -2.54. The summed E-state index contributed by atoms with van der Waals surface area (Å²) in [6.07, 6.45) is 0.928. The van der Waals surface area contributed by atoms with Gasteiger partial charge in [-0.1, -0.05) is 12.1 Å². The molecule has 0 unspecified atom stereocenters. The van der Waals surface area contributed by atoms with Gasteiger partial charge in [-0.05, 0) is 37.6 Å². The number of nitrogens with zero attached hydrogens (tertiary/aromatic N) is 1. The van der Waals surface area contributed by atoms with E-state index in [9.17, 15) is 4.79 Å². The van der Waals surface area contributed by atoms with Crippen molar-refractivity contribution in [3.05, 3.63) is 46.2 Å². The largest absolute Gasteiger partial charge is 0.465 e. The molecule has 0 atom stereocenters. The molecule has 0 fully saturated rings. The highest BCUT2D eigenvalue weighted by Gasteiger charge is 2.23. The molecule has 0 saturated carbocycles. The number of furan rings is 1. The second kappa shape index (κ2) is 6.29. The van der Waals surface area contributed by atoms with Crippen molar-refractivity contribution in [2.45, 2.75) is 26.8 Å². The van der Waals surface area contributed by atoms with Crippen LogP contribution in [0.4, 0.5) is 5.88 Å². The third-order valence-corrected chi connectivity index (χ3v) is 4.64. The lowest BCUT2D eigenvalue weighted by atomic mass is 10.2. The molecule has 3 N–H and O–H groups in total. The van der Waals surface area contributed by atoms with Gasteiger partial charge in [0.05, 0.1) is 11.4 Å². The van der Waals surface area contributed by atoms with Crippen LogP contribution in [0.2, 0.25) is 0 Å². The zero-order valence-electron chi connectivity index (χ0n) is 12.9. The Bertz CT molecular complexity index is 831. The molecule has 23 heavy (non-hydrogen) atoms. The fourth-order valence-electron chi connectivity index (χ4n) is 2.22. The molecule has 1 amide bonds. The second-order valence-electron chi connectivity index (χ2n) is 5.08. The van der Waals surface area contributed by atoms with Crippen molar-refractivity contribution in [1.29, 1.82) is 0 Å². The van der Waals surface area contributed by atoms with E-state index in [1.54, 1.807) is 11.3 Å². The van der Waals surface area contributed by atoms with E-state index >= 15 is 0 Å². The van der Waals surface area contributed by atoms with Gasteiger partial charge in [-0.3, -0.25) is 4.79 Å². The van der Waals surface area contributed by atoms with E-state index in [2.05, 4.69) is 17.4 Å². The van der Waals surface area contributed by atoms with Gasteiger partial charge in [-0.15, -0.1) is 11.3 Å². The van der Waals surface area contributed by atoms with Crippen LogP contribution in [0, 0.1) is 6.92 Å². The lowest BCUT2D eigenvalue weighted by molar-refractivity contribution is 0.0949. The van der Waals surface area contributed by atoms with Crippen molar-refractivity contribution >= 4 is 23.1 Å². The number of carbonyl (C=O) groups excluding carboxylic acids is 1. The molecular formula is C16H17N3O3S. The van der Waals surface area contributed by atoms with E-state index in [1.807, 2.05) is 31.2 Å². The molecular weight excluding hydrogens is 314 g/mol. The van der Waals surface area contributed by atoms with Crippen LogP contribution in [0.25, 0.3) is 10.6 Å². The first-order valence-corrected chi connectivity index (χ1v) is 8.08. The topological polar surface area (TPSA) is 94.3 Å². The quantitative estimate of drug-likeness (QED) is 0.747. The van der Waals surface area contributed by atoms with Crippen molar-refractivity contribution < 1.29 is 13.7 Å². The molecule has 120 valence electrons. The minimum atomic E-state index is -0.334. The molecule has 0 radical (unpaired) electrons. The number of hydrogen-bond acceptors (Lipinski definition) is 6. The Morgan fingerprint density at radius 3 is 2.83 bits per heavy atom. The Labute approximate surface area is 137 Å². The molecule has 3 aromatic heterocycles. The van der Waals surface area contributed by atoms with E-state index < -0.39 is 0 Å². The Balaban J connectivity index is 1.81. The average Bonchev–Trinajstić information content (AvgIpc) is 3.24. The SMILES string of the molecule is CCc1ccc(-c2noc(N)c2C(=O)NCc2ccc(C)o2)s1. The fourth-order valence-corrected chi connectivity index (χ4v) is 3.16. The van der Waals surface area contributed by atoms with Gasteiger partial charge in [-0.25, -0.2) is 0 Å². The Kier molecular flexibility index (Phi) is 4.20. The van der Waals surface area contributed by atoms with Crippen molar-refractivity contribution in [3.8, 4) is 10.6 Å². The Morgan fingerprint density at radius 2 is 2.17 bits per heavy atom. The molecule has 0 aliphatic carbocycles. The molecule has 0 aromatic carbocycles. The average molecular weight is 331 g/mol. The monoisotopic (exact) mass is 331 g/mol. The highest BCUT2D eigenvalue weighted by molar-refractivity contribution is 7.15. The fraction of sp³-hybridized carbons (Fsp3) is 0.250.